The van der Waals surface area contributed by atoms with E-state index in [-0.39, 0.29) is 0 Å². The normalized spacial score (nSPS) is 12.5. The number of nitrogens with zero attached hydrogens (tertiary/aromatic N) is 2. The fourth-order valence-corrected chi connectivity index (χ4v) is 11.7. The van der Waals surface area contributed by atoms with Gasteiger partial charge in [0, 0.05) is 43.0 Å². The summed E-state index contributed by atoms with van der Waals surface area (Å²) in [6.45, 7) is 0. The van der Waals surface area contributed by atoms with E-state index >= 15 is 0 Å². The highest BCUT2D eigenvalue weighted by atomic mass is 15.0. The molecule has 0 aliphatic heterocycles. The second-order valence-corrected chi connectivity index (χ2v) is 17.1. The third kappa shape index (κ3) is 4.04. The monoisotopic (exact) mass is 782 g/mol. The van der Waals surface area contributed by atoms with Gasteiger partial charge in [-0.25, -0.2) is 0 Å². The lowest BCUT2D eigenvalue weighted by molar-refractivity contribution is 1.04. The molecule has 3 aliphatic carbocycles. The molecule has 3 aliphatic rings. The van der Waals surface area contributed by atoms with Crippen molar-refractivity contribution in [3.63, 3.8) is 0 Å². The molecule has 0 N–H and O–H groups in total. The summed E-state index contributed by atoms with van der Waals surface area (Å²) >= 11 is 0. The van der Waals surface area contributed by atoms with E-state index in [9.17, 15) is 0 Å². The summed E-state index contributed by atoms with van der Waals surface area (Å²) in [5, 5.41) is 17.6. The fourth-order valence-electron chi connectivity index (χ4n) is 11.7. The molecular weight excluding hydrogens is 749 g/mol. The van der Waals surface area contributed by atoms with Crippen LogP contribution in [0.5, 0.6) is 0 Å². The van der Waals surface area contributed by atoms with Crippen LogP contribution in [0.1, 0.15) is 0 Å². The molecule has 0 amide bonds. The van der Waals surface area contributed by atoms with Crippen molar-refractivity contribution in [2.24, 2.45) is 0 Å². The molecule has 0 saturated carbocycles. The zero-order chi connectivity index (χ0) is 40.2. The van der Waals surface area contributed by atoms with Gasteiger partial charge >= 0.3 is 0 Å². The van der Waals surface area contributed by atoms with Crippen LogP contribution in [0, 0.1) is 42.0 Å². The van der Waals surface area contributed by atoms with Crippen molar-refractivity contribution in [3.8, 4) is 55.9 Å². The van der Waals surface area contributed by atoms with Crippen LogP contribution in [0.25, 0.3) is 99.2 Å². The van der Waals surface area contributed by atoms with E-state index in [1.165, 1.54) is 130 Å². The van der Waals surface area contributed by atoms with Crippen molar-refractivity contribution in [1.29, 1.82) is 0 Å². The first-order chi connectivity index (χ1) is 30.8. The van der Waals surface area contributed by atoms with E-state index in [1.807, 2.05) is 0 Å². The topological polar surface area (TPSA) is 9.86 Å². The number of para-hydroxylation sites is 2. The van der Waals surface area contributed by atoms with Crippen LogP contribution < -0.4 is 0 Å². The van der Waals surface area contributed by atoms with E-state index in [2.05, 4.69) is 215 Å². The van der Waals surface area contributed by atoms with Crippen LogP contribution >= 0.6 is 0 Å². The molecule has 0 atom stereocenters. The van der Waals surface area contributed by atoms with Gasteiger partial charge < -0.3 is 9.13 Å². The maximum Gasteiger partial charge on any atom is 0.0625 e. The minimum atomic E-state index is 1.16. The van der Waals surface area contributed by atoms with Crippen molar-refractivity contribution in [1.82, 2.24) is 9.13 Å². The summed E-state index contributed by atoms with van der Waals surface area (Å²) in [4.78, 5) is 0. The highest BCUT2D eigenvalue weighted by Crippen LogP contribution is 2.49. The molecule has 15 rings (SSSR count). The molecule has 62 heavy (non-hydrogen) atoms. The number of hydrogen-bond donors (Lipinski definition) is 0. The molecular formula is C60H34N2. The van der Waals surface area contributed by atoms with Crippen molar-refractivity contribution in [2.45, 2.75) is 0 Å². The fraction of sp³-hybridized carbons (Fsp3) is 0. The molecule has 12 aromatic rings. The van der Waals surface area contributed by atoms with E-state index in [0.717, 1.165) is 11.4 Å². The van der Waals surface area contributed by atoms with Crippen molar-refractivity contribution in [2.75, 3.05) is 0 Å². The highest BCUT2D eigenvalue weighted by molar-refractivity contribution is 6.16. The van der Waals surface area contributed by atoms with Gasteiger partial charge in [0.25, 0.3) is 0 Å². The van der Waals surface area contributed by atoms with E-state index in [4.69, 9.17) is 0 Å². The first kappa shape index (κ1) is 32.6. The minimum Gasteiger partial charge on any atom is -0.309 e. The summed E-state index contributed by atoms with van der Waals surface area (Å²) in [6.07, 6.45) is 0. The third-order valence-corrected chi connectivity index (χ3v) is 14.1. The molecule has 0 saturated heterocycles. The zero-order valence-corrected chi connectivity index (χ0v) is 33.5. The highest BCUT2D eigenvalue weighted by Gasteiger charge is 2.25. The zero-order valence-electron chi connectivity index (χ0n) is 33.5. The molecule has 10 aromatic carbocycles. The Morgan fingerprint density at radius 2 is 0.629 bits per heavy atom. The average molecular weight is 783 g/mol. The molecule has 0 radical (unpaired) electrons. The predicted molar refractivity (Wildman–Crippen MR) is 254 cm³/mol. The van der Waals surface area contributed by atoms with Gasteiger partial charge in [-0.3, -0.25) is 0 Å². The van der Waals surface area contributed by atoms with Crippen LogP contribution in [0.15, 0.2) is 206 Å². The molecule has 2 nitrogen and oxygen atoms in total. The molecule has 0 fully saturated rings. The quantitative estimate of drug-likeness (QED) is 0.165. The van der Waals surface area contributed by atoms with E-state index < -0.39 is 0 Å². The Kier molecular flexibility index (Phi) is 6.18. The smallest absolute Gasteiger partial charge is 0.0625 e. The third-order valence-electron chi connectivity index (χ3n) is 14.1. The Balaban J connectivity index is 1.15. The van der Waals surface area contributed by atoms with Gasteiger partial charge in [0.1, 0.15) is 0 Å². The van der Waals surface area contributed by atoms with Crippen LogP contribution in [-0.2, 0) is 0 Å². The summed E-state index contributed by atoms with van der Waals surface area (Å²) in [5.74, 6) is 0. The van der Waals surface area contributed by atoms with Crippen LogP contribution in [0.3, 0.4) is 0 Å². The number of fused-ring (bicyclic) bond motifs is 14. The molecule has 0 unspecified atom stereocenters. The Hall–Kier alpha value is -8.20. The van der Waals surface area contributed by atoms with Gasteiger partial charge in [-0.1, -0.05) is 170 Å². The number of hydrogen-bond acceptors (Lipinski definition) is 0. The predicted octanol–water partition coefficient (Wildman–Crippen LogP) is 14.6. The standard InChI is InChI=1S/C60H34N2/c1-3-19-47-43(17-1)57-49-21-5-7-27-53(49)62(38-30-32-40-42-24-10-14-36-16-12-26-46(56(36)42)52(40)34-38)60(57)48-20-4-2-18-44(48)58-50-22-6-8-28-54(50)61(59(47)58)37-29-31-39-41-23-9-13-35-15-11-25-45(55(35)41)51(39)33-37/h1-34H. The molecule has 284 valence electrons. The Morgan fingerprint density at radius 3 is 1.06 bits per heavy atom. The SMILES string of the molecule is c1ccc2c(c1)=c1c(n(-c3ccc4c(c3)-c3cccc5cccc-4c35)c3ccccc13)=c1ccccc1=c1c=2n(-c2ccc3c(c2)-c2cccc4cccc-3c24)c2ccccc12. The second-order valence-electron chi connectivity index (χ2n) is 17.1. The summed E-state index contributed by atoms with van der Waals surface area (Å²) < 4.78 is 5.10. The van der Waals surface area contributed by atoms with Crippen LogP contribution in [0.2, 0.25) is 0 Å². The summed E-state index contributed by atoms with van der Waals surface area (Å²) in [5.41, 5.74) is 15.2. The van der Waals surface area contributed by atoms with E-state index in [1.54, 1.807) is 0 Å². The lowest BCUT2D eigenvalue weighted by Crippen LogP contribution is -1.99. The number of aromatic nitrogens is 2. The van der Waals surface area contributed by atoms with Gasteiger partial charge in [0.15, 0.2) is 0 Å². The Labute approximate surface area is 355 Å². The molecule has 2 heteroatoms. The van der Waals surface area contributed by atoms with Gasteiger partial charge in [0.05, 0.1) is 21.7 Å². The second kappa shape index (κ2) is 11.8. The molecule has 2 aromatic heterocycles. The van der Waals surface area contributed by atoms with E-state index in [0.29, 0.717) is 0 Å². The van der Waals surface area contributed by atoms with Gasteiger partial charge in [-0.15, -0.1) is 0 Å². The molecule has 2 heterocycles. The largest absolute Gasteiger partial charge is 0.309 e. The first-order valence-corrected chi connectivity index (χ1v) is 21.6. The minimum absolute atomic E-state index is 1.16. The van der Waals surface area contributed by atoms with Crippen molar-refractivity contribution in [3.05, 3.63) is 248 Å². The maximum atomic E-state index is 2.55. The molecule has 0 bridgehead atoms. The first-order valence-electron chi connectivity index (χ1n) is 21.6. The van der Waals surface area contributed by atoms with Gasteiger partial charge in [-0.2, -0.15) is 0 Å². The number of rotatable bonds is 2. The lowest BCUT2D eigenvalue weighted by Gasteiger charge is -2.11. The Morgan fingerprint density at radius 1 is 0.258 bits per heavy atom. The lowest BCUT2D eigenvalue weighted by atomic mass is 10.0. The van der Waals surface area contributed by atoms with Gasteiger partial charge in [-0.05, 0) is 113 Å². The van der Waals surface area contributed by atoms with Crippen LogP contribution in [0.4, 0.5) is 0 Å². The summed E-state index contributed by atoms with van der Waals surface area (Å²) in [7, 11) is 0. The van der Waals surface area contributed by atoms with Crippen LogP contribution in [-0.4, -0.2) is 9.13 Å². The van der Waals surface area contributed by atoms with Crippen molar-refractivity contribution < 1.29 is 0 Å². The average Bonchev–Trinajstić information content (AvgIpc) is 4.05. The van der Waals surface area contributed by atoms with Gasteiger partial charge in [0.2, 0.25) is 0 Å². The molecule has 0 spiro atoms. The van der Waals surface area contributed by atoms with Crippen molar-refractivity contribution >= 4 is 43.4 Å². The summed E-state index contributed by atoms with van der Waals surface area (Å²) in [6, 6.07) is 77.5. The maximum absolute atomic E-state index is 2.55. The Bertz CT molecular complexity index is 4160. The number of benzene rings is 10.